The molecule has 106 valence electrons. The van der Waals surface area contributed by atoms with Crippen molar-refractivity contribution in [2.75, 3.05) is 5.43 Å². The third-order valence-corrected chi connectivity index (χ3v) is 2.83. The van der Waals surface area contributed by atoms with Gasteiger partial charge in [0.2, 0.25) is 11.8 Å². The van der Waals surface area contributed by atoms with E-state index in [1.165, 1.54) is 4.68 Å². The Morgan fingerprint density at radius 2 is 2.20 bits per heavy atom. The van der Waals surface area contributed by atoms with Gasteiger partial charge in [0.1, 0.15) is 6.20 Å². The fourth-order valence-corrected chi connectivity index (χ4v) is 1.80. The molecular formula is C11H15N7O2. The molecule has 2 rings (SSSR count). The van der Waals surface area contributed by atoms with Crippen LogP contribution in [0.2, 0.25) is 0 Å². The highest BCUT2D eigenvalue weighted by Gasteiger charge is 2.22. The van der Waals surface area contributed by atoms with Crippen LogP contribution in [-0.4, -0.2) is 24.7 Å². The molecule has 0 radical (unpaired) electrons. The fraction of sp³-hybridized carbons (Fsp3) is 0.364. The lowest BCUT2D eigenvalue weighted by Gasteiger charge is -2.06. The fourth-order valence-electron chi connectivity index (χ4n) is 1.80. The molecule has 0 atom stereocenters. The van der Waals surface area contributed by atoms with Crippen molar-refractivity contribution in [2.24, 2.45) is 5.84 Å². The van der Waals surface area contributed by atoms with E-state index < -0.39 is 4.92 Å². The minimum atomic E-state index is -0.539. The van der Waals surface area contributed by atoms with E-state index in [0.717, 1.165) is 24.0 Å². The summed E-state index contributed by atoms with van der Waals surface area (Å²) in [4.78, 5) is 18.4. The van der Waals surface area contributed by atoms with Crippen LogP contribution < -0.4 is 11.3 Å². The molecule has 0 saturated heterocycles. The molecule has 0 aromatic carbocycles. The van der Waals surface area contributed by atoms with Crippen molar-refractivity contribution in [2.45, 2.75) is 26.7 Å². The lowest BCUT2D eigenvalue weighted by Crippen LogP contribution is -2.14. The predicted molar refractivity (Wildman–Crippen MR) is 72.4 cm³/mol. The summed E-state index contributed by atoms with van der Waals surface area (Å²) in [7, 11) is 0. The van der Waals surface area contributed by atoms with Gasteiger partial charge in [-0.1, -0.05) is 13.8 Å². The smallest absolute Gasteiger partial charge is 0.292 e. The molecule has 0 aliphatic carbocycles. The van der Waals surface area contributed by atoms with Crippen LogP contribution in [-0.2, 0) is 12.8 Å². The van der Waals surface area contributed by atoms with E-state index in [0.29, 0.717) is 6.42 Å². The van der Waals surface area contributed by atoms with Gasteiger partial charge in [-0.05, 0) is 18.9 Å². The van der Waals surface area contributed by atoms with Gasteiger partial charge in [-0.15, -0.1) is 0 Å². The normalized spacial score (nSPS) is 10.6. The monoisotopic (exact) mass is 277 g/mol. The summed E-state index contributed by atoms with van der Waals surface area (Å²) in [6.45, 7) is 3.91. The van der Waals surface area contributed by atoms with Gasteiger partial charge in [-0.2, -0.15) is 10.1 Å². The molecule has 0 unspecified atom stereocenters. The van der Waals surface area contributed by atoms with Gasteiger partial charge in [0.05, 0.1) is 10.6 Å². The molecule has 0 aliphatic rings. The Hall–Kier alpha value is -2.55. The van der Waals surface area contributed by atoms with E-state index >= 15 is 0 Å². The zero-order chi connectivity index (χ0) is 14.7. The first kappa shape index (κ1) is 13.9. The zero-order valence-corrected chi connectivity index (χ0v) is 11.2. The van der Waals surface area contributed by atoms with Crippen molar-refractivity contribution in [3.63, 3.8) is 0 Å². The molecule has 9 nitrogen and oxygen atoms in total. The first-order valence-electron chi connectivity index (χ1n) is 6.16. The van der Waals surface area contributed by atoms with E-state index in [-0.39, 0.29) is 17.5 Å². The number of rotatable bonds is 5. The summed E-state index contributed by atoms with van der Waals surface area (Å²) in [6.07, 6.45) is 2.53. The molecule has 0 bridgehead atoms. The number of hydrogen-bond donors (Lipinski definition) is 2. The zero-order valence-electron chi connectivity index (χ0n) is 11.2. The third kappa shape index (κ3) is 2.43. The summed E-state index contributed by atoms with van der Waals surface area (Å²) in [5, 5.41) is 15.4. The highest BCUT2D eigenvalue weighted by Crippen LogP contribution is 2.22. The average Bonchev–Trinajstić information content (AvgIpc) is 2.89. The Labute approximate surface area is 115 Å². The molecule has 20 heavy (non-hydrogen) atoms. The van der Waals surface area contributed by atoms with Crippen molar-refractivity contribution in [1.82, 2.24) is 19.7 Å². The summed E-state index contributed by atoms with van der Waals surface area (Å²) in [5.74, 6) is 5.45. The summed E-state index contributed by atoms with van der Waals surface area (Å²) in [6, 6.07) is 1.90. The lowest BCUT2D eigenvalue weighted by molar-refractivity contribution is -0.385. The van der Waals surface area contributed by atoms with Gasteiger partial charge in [0.15, 0.2) is 0 Å². The number of nitrogens with one attached hydrogen (secondary N) is 1. The van der Waals surface area contributed by atoms with Gasteiger partial charge >= 0.3 is 5.69 Å². The molecule has 3 N–H and O–H groups in total. The quantitative estimate of drug-likeness (QED) is 0.474. The number of anilines is 1. The highest BCUT2D eigenvalue weighted by molar-refractivity contribution is 5.49. The Morgan fingerprint density at radius 1 is 1.45 bits per heavy atom. The van der Waals surface area contributed by atoms with E-state index in [2.05, 4.69) is 20.5 Å². The van der Waals surface area contributed by atoms with Gasteiger partial charge in [-0.25, -0.2) is 15.5 Å². The number of nitrogen functional groups attached to an aromatic ring is 1. The van der Waals surface area contributed by atoms with Gasteiger partial charge in [-0.3, -0.25) is 15.5 Å². The minimum Gasteiger partial charge on any atom is -0.292 e. The molecule has 2 aromatic rings. The number of nitrogens with zero attached hydrogens (tertiary/aromatic N) is 5. The van der Waals surface area contributed by atoms with Crippen LogP contribution in [0.25, 0.3) is 5.82 Å². The van der Waals surface area contributed by atoms with Crippen LogP contribution in [0.4, 0.5) is 11.6 Å². The van der Waals surface area contributed by atoms with Crippen molar-refractivity contribution >= 4 is 11.6 Å². The summed E-state index contributed by atoms with van der Waals surface area (Å²) < 4.78 is 1.47. The van der Waals surface area contributed by atoms with E-state index in [9.17, 15) is 10.1 Å². The molecule has 0 amide bonds. The van der Waals surface area contributed by atoms with E-state index in [1.807, 2.05) is 19.9 Å². The molecular weight excluding hydrogens is 262 g/mol. The molecule has 9 heteroatoms. The number of nitrogens with two attached hydrogens (primary N) is 1. The number of hydrazine groups is 1. The van der Waals surface area contributed by atoms with Crippen LogP contribution in [0.5, 0.6) is 0 Å². The van der Waals surface area contributed by atoms with Crippen molar-refractivity contribution < 1.29 is 4.92 Å². The average molecular weight is 277 g/mol. The van der Waals surface area contributed by atoms with Gasteiger partial charge in [0.25, 0.3) is 0 Å². The molecule has 2 heterocycles. The number of aromatic nitrogens is 4. The second-order valence-electron chi connectivity index (χ2n) is 4.05. The molecule has 2 aromatic heterocycles. The van der Waals surface area contributed by atoms with Crippen LogP contribution in [0, 0.1) is 10.1 Å². The SMILES string of the molecule is CCc1cc(CC)n(-c2nc(NN)ncc2[N+](=O)[O-])n1. The molecule has 0 fully saturated rings. The number of hydrogen-bond acceptors (Lipinski definition) is 7. The van der Waals surface area contributed by atoms with Crippen LogP contribution >= 0.6 is 0 Å². The summed E-state index contributed by atoms with van der Waals surface area (Å²) in [5.41, 5.74) is 3.74. The lowest BCUT2D eigenvalue weighted by atomic mass is 10.2. The number of nitro groups is 1. The Morgan fingerprint density at radius 3 is 2.75 bits per heavy atom. The third-order valence-electron chi connectivity index (χ3n) is 2.83. The topological polar surface area (TPSA) is 125 Å². The van der Waals surface area contributed by atoms with Gasteiger partial charge in [0, 0.05) is 5.69 Å². The van der Waals surface area contributed by atoms with Crippen LogP contribution in [0.15, 0.2) is 12.3 Å². The minimum absolute atomic E-state index is 0.0983. The van der Waals surface area contributed by atoms with Crippen molar-refractivity contribution in [1.29, 1.82) is 0 Å². The second kappa shape index (κ2) is 5.61. The molecule has 0 spiro atoms. The number of aryl methyl sites for hydroxylation is 2. The first-order valence-corrected chi connectivity index (χ1v) is 6.16. The maximum absolute atomic E-state index is 11.1. The van der Waals surface area contributed by atoms with Crippen molar-refractivity contribution in [3.8, 4) is 5.82 Å². The summed E-state index contributed by atoms with van der Waals surface area (Å²) >= 11 is 0. The Bertz CT molecular complexity index is 638. The van der Waals surface area contributed by atoms with E-state index in [4.69, 9.17) is 5.84 Å². The molecule has 0 aliphatic heterocycles. The highest BCUT2D eigenvalue weighted by atomic mass is 16.6. The predicted octanol–water partition coefficient (Wildman–Crippen LogP) is 0.981. The Kier molecular flexibility index (Phi) is 3.89. The van der Waals surface area contributed by atoms with Crippen LogP contribution in [0.3, 0.4) is 0 Å². The van der Waals surface area contributed by atoms with Crippen LogP contribution in [0.1, 0.15) is 25.2 Å². The van der Waals surface area contributed by atoms with Gasteiger partial charge < -0.3 is 0 Å². The maximum Gasteiger partial charge on any atom is 0.332 e. The second-order valence-corrected chi connectivity index (χ2v) is 4.05. The van der Waals surface area contributed by atoms with Crippen molar-refractivity contribution in [3.05, 3.63) is 33.8 Å². The molecule has 0 saturated carbocycles. The standard InChI is InChI=1S/C11H15N7O2/c1-3-7-5-8(4-2)17(16-7)10-9(18(19)20)6-13-11(14-10)15-12/h5-6H,3-4,12H2,1-2H3,(H,13,14,15). The Balaban J connectivity index is 2.66. The van der Waals surface area contributed by atoms with E-state index in [1.54, 1.807) is 0 Å². The maximum atomic E-state index is 11.1. The largest absolute Gasteiger partial charge is 0.332 e. The first-order chi connectivity index (χ1) is 9.60.